The zero-order valence-corrected chi connectivity index (χ0v) is 14.6. The summed E-state index contributed by atoms with van der Waals surface area (Å²) in [7, 11) is 0. The van der Waals surface area contributed by atoms with Crippen molar-refractivity contribution in [2.45, 2.75) is 19.4 Å². The van der Waals surface area contributed by atoms with Crippen LogP contribution in [-0.4, -0.2) is 34.7 Å². The predicted octanol–water partition coefficient (Wildman–Crippen LogP) is 2.06. The summed E-state index contributed by atoms with van der Waals surface area (Å²) in [6.07, 6.45) is -0.203. The number of esters is 1. The fourth-order valence-electron chi connectivity index (χ4n) is 3.32. The molecule has 1 N–H and O–H groups in total. The van der Waals surface area contributed by atoms with Crippen LogP contribution in [0.4, 0.5) is 5.69 Å². The molecule has 0 saturated heterocycles. The Bertz CT molecular complexity index is 1110. The van der Waals surface area contributed by atoms with Gasteiger partial charge in [0.2, 0.25) is 0 Å². The average molecular weight is 363 g/mol. The standard InChI is InChI=1S/C20H17N3O4/c1-12(19(25)23-11-10-13-6-2-5-9-16(13)23)27-20(26)17-14-7-3-4-8-15(14)18(24)22-21-17/h2-9,12H,10-11H2,1H3,(H,22,24). The number of nitrogens with zero attached hydrogens (tertiary/aromatic N) is 2. The van der Waals surface area contributed by atoms with E-state index in [0.29, 0.717) is 17.3 Å². The van der Waals surface area contributed by atoms with E-state index in [1.165, 1.54) is 6.92 Å². The van der Waals surface area contributed by atoms with Gasteiger partial charge in [0.15, 0.2) is 11.8 Å². The van der Waals surface area contributed by atoms with Crippen LogP contribution in [0.2, 0.25) is 0 Å². The molecule has 1 aromatic heterocycles. The molecule has 0 spiro atoms. The molecule has 1 aliphatic heterocycles. The van der Waals surface area contributed by atoms with Crippen molar-refractivity contribution in [2.75, 3.05) is 11.4 Å². The van der Waals surface area contributed by atoms with E-state index in [1.54, 1.807) is 29.2 Å². The quantitative estimate of drug-likeness (QED) is 0.719. The summed E-state index contributed by atoms with van der Waals surface area (Å²) in [4.78, 5) is 38.8. The number of nitrogens with one attached hydrogen (secondary N) is 1. The van der Waals surface area contributed by atoms with E-state index in [1.807, 2.05) is 24.3 Å². The highest BCUT2D eigenvalue weighted by Gasteiger charge is 2.30. The minimum Gasteiger partial charge on any atom is -0.448 e. The average Bonchev–Trinajstić information content (AvgIpc) is 3.12. The molecule has 1 unspecified atom stereocenters. The largest absolute Gasteiger partial charge is 0.448 e. The fraction of sp³-hybridized carbons (Fsp3) is 0.200. The Balaban J connectivity index is 1.56. The van der Waals surface area contributed by atoms with Crippen LogP contribution < -0.4 is 10.5 Å². The van der Waals surface area contributed by atoms with Crippen molar-refractivity contribution in [3.05, 3.63) is 70.1 Å². The minimum atomic E-state index is -0.976. The predicted molar refractivity (Wildman–Crippen MR) is 99.7 cm³/mol. The lowest BCUT2D eigenvalue weighted by Gasteiger charge is -2.21. The number of benzene rings is 2. The molecule has 0 radical (unpaired) electrons. The number of hydrogen-bond donors (Lipinski definition) is 1. The number of carbonyl (C=O) groups is 2. The first-order valence-electron chi connectivity index (χ1n) is 8.64. The third kappa shape index (κ3) is 2.97. The number of ether oxygens (including phenoxy) is 1. The molecule has 1 atom stereocenters. The van der Waals surface area contributed by atoms with Crippen molar-refractivity contribution in [1.82, 2.24) is 10.2 Å². The van der Waals surface area contributed by atoms with E-state index in [2.05, 4.69) is 10.2 Å². The summed E-state index contributed by atoms with van der Waals surface area (Å²) >= 11 is 0. The third-order valence-corrected chi connectivity index (χ3v) is 4.67. The van der Waals surface area contributed by atoms with Gasteiger partial charge in [0.25, 0.3) is 11.5 Å². The minimum absolute atomic E-state index is 0.0216. The van der Waals surface area contributed by atoms with Crippen molar-refractivity contribution in [2.24, 2.45) is 0 Å². The number of aromatic amines is 1. The molecule has 3 aromatic rings. The van der Waals surface area contributed by atoms with E-state index in [-0.39, 0.29) is 17.2 Å². The van der Waals surface area contributed by atoms with Gasteiger partial charge in [-0.05, 0) is 31.0 Å². The van der Waals surface area contributed by atoms with Crippen LogP contribution in [0, 0.1) is 0 Å². The Morgan fingerprint density at radius 1 is 1.11 bits per heavy atom. The van der Waals surface area contributed by atoms with E-state index in [4.69, 9.17) is 4.74 Å². The van der Waals surface area contributed by atoms with E-state index in [0.717, 1.165) is 17.7 Å². The summed E-state index contributed by atoms with van der Waals surface area (Å²) in [5, 5.41) is 6.83. The molecule has 1 amide bonds. The Kier molecular flexibility index (Phi) is 4.19. The summed E-state index contributed by atoms with van der Waals surface area (Å²) < 4.78 is 5.36. The highest BCUT2D eigenvalue weighted by molar-refractivity contribution is 6.04. The van der Waals surface area contributed by atoms with Gasteiger partial charge in [-0.3, -0.25) is 9.59 Å². The van der Waals surface area contributed by atoms with Gasteiger partial charge in [-0.2, -0.15) is 5.10 Å². The van der Waals surface area contributed by atoms with Crippen molar-refractivity contribution in [3.8, 4) is 0 Å². The maximum atomic E-state index is 12.8. The van der Waals surface area contributed by atoms with E-state index >= 15 is 0 Å². The summed E-state index contributed by atoms with van der Waals surface area (Å²) in [5.41, 5.74) is 1.53. The number of carbonyl (C=O) groups excluding carboxylic acids is 2. The number of aromatic nitrogens is 2. The number of H-pyrrole nitrogens is 1. The lowest BCUT2D eigenvalue weighted by atomic mass is 10.1. The third-order valence-electron chi connectivity index (χ3n) is 4.67. The highest BCUT2D eigenvalue weighted by atomic mass is 16.5. The molecule has 2 heterocycles. The number of hydrogen-bond acceptors (Lipinski definition) is 5. The molecule has 4 rings (SSSR count). The fourth-order valence-corrected chi connectivity index (χ4v) is 3.32. The van der Waals surface area contributed by atoms with Crippen molar-refractivity contribution < 1.29 is 14.3 Å². The monoisotopic (exact) mass is 363 g/mol. The SMILES string of the molecule is CC(OC(=O)c1n[nH]c(=O)c2ccccc12)C(=O)N1CCc2ccccc21. The highest BCUT2D eigenvalue weighted by Crippen LogP contribution is 2.28. The Morgan fingerprint density at radius 3 is 2.63 bits per heavy atom. The number of para-hydroxylation sites is 1. The molecule has 0 aliphatic carbocycles. The van der Waals surface area contributed by atoms with Crippen LogP contribution in [-0.2, 0) is 16.0 Å². The Hall–Kier alpha value is -3.48. The molecule has 1 aliphatic rings. The van der Waals surface area contributed by atoms with E-state index < -0.39 is 12.1 Å². The molecule has 0 fully saturated rings. The van der Waals surface area contributed by atoms with Crippen molar-refractivity contribution in [1.29, 1.82) is 0 Å². The first kappa shape index (κ1) is 17.0. The lowest BCUT2D eigenvalue weighted by Crippen LogP contribution is -2.39. The molecule has 7 nitrogen and oxygen atoms in total. The van der Waals surface area contributed by atoms with Crippen LogP contribution in [0.3, 0.4) is 0 Å². The zero-order chi connectivity index (χ0) is 19.0. The first-order valence-corrected chi connectivity index (χ1v) is 8.64. The van der Waals surface area contributed by atoms with Gasteiger partial charge in [-0.25, -0.2) is 9.89 Å². The van der Waals surface area contributed by atoms with Gasteiger partial charge in [-0.1, -0.05) is 36.4 Å². The Morgan fingerprint density at radius 2 is 1.81 bits per heavy atom. The maximum absolute atomic E-state index is 12.8. The van der Waals surface area contributed by atoms with Crippen LogP contribution in [0.15, 0.2) is 53.3 Å². The number of rotatable bonds is 3. The second kappa shape index (κ2) is 6.68. The zero-order valence-electron chi connectivity index (χ0n) is 14.6. The summed E-state index contributed by atoms with van der Waals surface area (Å²) in [6.45, 7) is 2.09. The van der Waals surface area contributed by atoms with Gasteiger partial charge >= 0.3 is 5.97 Å². The summed E-state index contributed by atoms with van der Waals surface area (Å²) in [6, 6.07) is 14.3. The van der Waals surface area contributed by atoms with E-state index in [9.17, 15) is 14.4 Å². The van der Waals surface area contributed by atoms with Gasteiger partial charge in [0.1, 0.15) is 0 Å². The molecule has 136 valence electrons. The normalized spacial score (nSPS) is 14.0. The summed E-state index contributed by atoms with van der Waals surface area (Å²) in [5.74, 6) is -1.04. The van der Waals surface area contributed by atoms with Crippen LogP contribution >= 0.6 is 0 Å². The van der Waals surface area contributed by atoms with Crippen molar-refractivity contribution >= 4 is 28.3 Å². The van der Waals surface area contributed by atoms with Crippen LogP contribution in [0.25, 0.3) is 10.8 Å². The Labute approximate surface area is 154 Å². The van der Waals surface area contributed by atoms with Crippen molar-refractivity contribution in [3.63, 3.8) is 0 Å². The van der Waals surface area contributed by atoms with Crippen LogP contribution in [0.1, 0.15) is 23.0 Å². The topological polar surface area (TPSA) is 92.4 Å². The molecule has 0 bridgehead atoms. The van der Waals surface area contributed by atoms with Gasteiger partial charge in [0.05, 0.1) is 5.39 Å². The molecule has 2 aromatic carbocycles. The first-order chi connectivity index (χ1) is 13.1. The molecular formula is C20H17N3O4. The second-order valence-electron chi connectivity index (χ2n) is 6.36. The smallest absolute Gasteiger partial charge is 0.360 e. The number of anilines is 1. The van der Waals surface area contributed by atoms with Gasteiger partial charge < -0.3 is 9.64 Å². The molecule has 0 saturated carbocycles. The number of fused-ring (bicyclic) bond motifs is 2. The lowest BCUT2D eigenvalue weighted by molar-refractivity contribution is -0.126. The van der Waals surface area contributed by atoms with Gasteiger partial charge in [0, 0.05) is 17.6 Å². The van der Waals surface area contributed by atoms with Crippen LogP contribution in [0.5, 0.6) is 0 Å². The number of amides is 1. The molecule has 7 heteroatoms. The molecular weight excluding hydrogens is 346 g/mol. The molecule has 27 heavy (non-hydrogen) atoms. The second-order valence-corrected chi connectivity index (χ2v) is 6.36. The van der Waals surface area contributed by atoms with Gasteiger partial charge in [-0.15, -0.1) is 0 Å². The maximum Gasteiger partial charge on any atom is 0.360 e.